The van der Waals surface area contributed by atoms with Crippen LogP contribution in [0.25, 0.3) is 10.4 Å². The molecule has 0 unspecified atom stereocenters. The summed E-state index contributed by atoms with van der Waals surface area (Å²) in [7, 11) is 1.30. The van der Waals surface area contributed by atoms with Crippen LogP contribution in [0.1, 0.15) is 10.4 Å². The molecule has 0 atom stereocenters. The number of ether oxygens (including phenoxy) is 1. The van der Waals surface area contributed by atoms with Crippen LogP contribution in [0.3, 0.4) is 0 Å². The van der Waals surface area contributed by atoms with E-state index in [0.717, 1.165) is 22.6 Å². The van der Waals surface area contributed by atoms with Crippen molar-refractivity contribution in [2.45, 2.75) is 0 Å². The Labute approximate surface area is 163 Å². The number of esters is 1. The molecule has 0 bridgehead atoms. The number of hydrogen-bond donors (Lipinski definition) is 2. The molecule has 0 aliphatic rings. The van der Waals surface area contributed by atoms with Crippen molar-refractivity contribution in [1.29, 1.82) is 0 Å². The van der Waals surface area contributed by atoms with E-state index in [2.05, 4.69) is 10.6 Å². The number of hydrogen-bond acceptors (Lipinski definition) is 4. The highest BCUT2D eigenvalue weighted by molar-refractivity contribution is 7.80. The van der Waals surface area contributed by atoms with Crippen molar-refractivity contribution in [3.8, 4) is 10.4 Å². The highest BCUT2D eigenvalue weighted by atomic mass is 32.1. The van der Waals surface area contributed by atoms with Gasteiger partial charge < -0.3 is 15.4 Å². The SMILES string of the molecule is COC(=O)c1cc(-c2ccccc2)sc1NC(=S)Nc1ccc(F)c(F)c1. The van der Waals surface area contributed by atoms with Crippen molar-refractivity contribution in [2.24, 2.45) is 0 Å². The van der Waals surface area contributed by atoms with Gasteiger partial charge in [0.1, 0.15) is 5.00 Å². The number of carbonyl (C=O) groups excluding carboxylic acids is 1. The molecule has 0 fully saturated rings. The second-order valence-electron chi connectivity index (χ2n) is 5.42. The van der Waals surface area contributed by atoms with E-state index in [1.165, 1.54) is 24.5 Å². The van der Waals surface area contributed by atoms with Crippen LogP contribution >= 0.6 is 23.6 Å². The molecule has 4 nitrogen and oxygen atoms in total. The molecule has 2 N–H and O–H groups in total. The van der Waals surface area contributed by atoms with Crippen LogP contribution in [0, 0.1) is 11.6 Å². The second-order valence-corrected chi connectivity index (χ2v) is 6.88. The Morgan fingerprint density at radius 2 is 1.78 bits per heavy atom. The number of benzene rings is 2. The minimum absolute atomic E-state index is 0.132. The molecule has 27 heavy (non-hydrogen) atoms. The van der Waals surface area contributed by atoms with E-state index >= 15 is 0 Å². The Kier molecular flexibility index (Phi) is 5.78. The maximum atomic E-state index is 13.3. The highest BCUT2D eigenvalue weighted by Crippen LogP contribution is 2.36. The van der Waals surface area contributed by atoms with Crippen LogP contribution in [-0.4, -0.2) is 18.2 Å². The zero-order valence-corrected chi connectivity index (χ0v) is 15.7. The van der Waals surface area contributed by atoms with Crippen LogP contribution in [0.4, 0.5) is 19.5 Å². The maximum absolute atomic E-state index is 13.3. The lowest BCUT2D eigenvalue weighted by Gasteiger charge is -2.10. The summed E-state index contributed by atoms with van der Waals surface area (Å²) in [6.45, 7) is 0. The molecule has 0 aliphatic heterocycles. The average Bonchev–Trinajstić information content (AvgIpc) is 3.08. The van der Waals surface area contributed by atoms with E-state index in [-0.39, 0.29) is 10.8 Å². The van der Waals surface area contributed by atoms with Crippen LogP contribution in [0.2, 0.25) is 0 Å². The number of thiocarbonyl (C=S) groups is 1. The van der Waals surface area contributed by atoms with Gasteiger partial charge in [0.05, 0.1) is 12.7 Å². The number of carbonyl (C=O) groups is 1. The molecule has 3 aromatic rings. The number of halogens is 2. The third-order valence-electron chi connectivity index (χ3n) is 3.60. The van der Waals surface area contributed by atoms with Gasteiger partial charge in [-0.05, 0) is 36.0 Å². The van der Waals surface area contributed by atoms with Crippen LogP contribution < -0.4 is 10.6 Å². The molecule has 3 rings (SSSR count). The van der Waals surface area contributed by atoms with Crippen LogP contribution in [-0.2, 0) is 4.74 Å². The maximum Gasteiger partial charge on any atom is 0.340 e. The van der Waals surface area contributed by atoms with Crippen LogP contribution in [0.15, 0.2) is 54.6 Å². The topological polar surface area (TPSA) is 50.4 Å². The predicted octanol–water partition coefficient (Wildman–Crippen LogP) is 5.29. The van der Waals surface area contributed by atoms with Gasteiger partial charge in [-0.15, -0.1) is 11.3 Å². The Bertz CT molecular complexity index is 991. The number of nitrogens with one attached hydrogen (secondary N) is 2. The monoisotopic (exact) mass is 404 g/mol. The zero-order chi connectivity index (χ0) is 19.4. The third-order valence-corrected chi connectivity index (χ3v) is 4.90. The Balaban J connectivity index is 1.84. The van der Waals surface area contributed by atoms with E-state index in [1.54, 1.807) is 6.07 Å². The van der Waals surface area contributed by atoms with Crippen LogP contribution in [0.5, 0.6) is 0 Å². The molecule has 0 saturated heterocycles. The molecule has 0 radical (unpaired) electrons. The van der Waals surface area contributed by atoms with E-state index < -0.39 is 17.6 Å². The smallest absolute Gasteiger partial charge is 0.340 e. The molecule has 2 aromatic carbocycles. The summed E-state index contributed by atoms with van der Waals surface area (Å²) < 4.78 is 31.2. The molecule has 0 aliphatic carbocycles. The minimum atomic E-state index is -0.986. The standard InChI is InChI=1S/C19H14F2N2O2S2/c1-25-18(24)13-10-16(11-5-3-2-4-6-11)27-17(13)23-19(26)22-12-7-8-14(20)15(21)9-12/h2-10H,1H3,(H2,22,23,26). The molecule has 0 spiro atoms. The number of rotatable bonds is 4. The molecule has 8 heteroatoms. The second kappa shape index (κ2) is 8.24. The van der Waals surface area contributed by atoms with E-state index in [4.69, 9.17) is 17.0 Å². The first-order valence-corrected chi connectivity index (χ1v) is 9.01. The van der Waals surface area contributed by atoms with Gasteiger partial charge in [0.2, 0.25) is 0 Å². The first kappa shape index (κ1) is 18.9. The van der Waals surface area contributed by atoms with Gasteiger partial charge in [0.25, 0.3) is 0 Å². The highest BCUT2D eigenvalue weighted by Gasteiger charge is 2.18. The summed E-state index contributed by atoms with van der Waals surface area (Å²) in [5.41, 5.74) is 1.56. The van der Waals surface area contributed by atoms with Gasteiger partial charge in [0.15, 0.2) is 16.7 Å². The molecular weight excluding hydrogens is 390 g/mol. The Morgan fingerprint density at radius 3 is 2.44 bits per heavy atom. The van der Waals surface area contributed by atoms with Crippen molar-refractivity contribution >= 4 is 45.3 Å². The zero-order valence-electron chi connectivity index (χ0n) is 14.1. The van der Waals surface area contributed by atoms with Gasteiger partial charge in [-0.3, -0.25) is 0 Å². The Morgan fingerprint density at radius 1 is 1.04 bits per heavy atom. The number of anilines is 2. The van der Waals surface area contributed by atoms with Gasteiger partial charge in [-0.1, -0.05) is 30.3 Å². The number of methoxy groups -OCH3 is 1. The molecule has 1 heterocycles. The number of thiophene rings is 1. The van der Waals surface area contributed by atoms with E-state index in [9.17, 15) is 13.6 Å². The summed E-state index contributed by atoms with van der Waals surface area (Å²) in [5, 5.41) is 6.30. The largest absolute Gasteiger partial charge is 0.465 e. The van der Waals surface area contributed by atoms with Gasteiger partial charge >= 0.3 is 5.97 Å². The summed E-state index contributed by atoms with van der Waals surface area (Å²) in [6, 6.07) is 14.6. The summed E-state index contributed by atoms with van der Waals surface area (Å²) in [4.78, 5) is 12.9. The fourth-order valence-electron chi connectivity index (χ4n) is 2.33. The summed E-state index contributed by atoms with van der Waals surface area (Å²) >= 11 is 6.55. The van der Waals surface area contributed by atoms with E-state index in [0.29, 0.717) is 10.6 Å². The minimum Gasteiger partial charge on any atom is -0.465 e. The lowest BCUT2D eigenvalue weighted by atomic mass is 10.1. The normalized spacial score (nSPS) is 10.3. The fraction of sp³-hybridized carbons (Fsp3) is 0.0526. The lowest BCUT2D eigenvalue weighted by molar-refractivity contribution is 0.0602. The summed E-state index contributed by atoms with van der Waals surface area (Å²) in [6.07, 6.45) is 0. The molecule has 0 amide bonds. The molecule has 138 valence electrons. The first-order valence-electron chi connectivity index (χ1n) is 7.78. The summed E-state index contributed by atoms with van der Waals surface area (Å²) in [5.74, 6) is -2.44. The van der Waals surface area contributed by atoms with Crippen molar-refractivity contribution in [1.82, 2.24) is 0 Å². The first-order chi connectivity index (χ1) is 13.0. The molecular formula is C19H14F2N2O2S2. The lowest BCUT2D eigenvalue weighted by Crippen LogP contribution is -2.20. The quantitative estimate of drug-likeness (QED) is 0.457. The molecule has 1 aromatic heterocycles. The van der Waals surface area contributed by atoms with Gasteiger partial charge in [-0.2, -0.15) is 0 Å². The average molecular weight is 404 g/mol. The molecule has 0 saturated carbocycles. The van der Waals surface area contributed by atoms with Crippen molar-refractivity contribution in [3.63, 3.8) is 0 Å². The van der Waals surface area contributed by atoms with Crippen molar-refractivity contribution in [3.05, 3.63) is 71.8 Å². The predicted molar refractivity (Wildman–Crippen MR) is 107 cm³/mol. The third kappa shape index (κ3) is 4.47. The Hall–Kier alpha value is -2.84. The van der Waals surface area contributed by atoms with E-state index in [1.807, 2.05) is 30.3 Å². The van der Waals surface area contributed by atoms with Crippen molar-refractivity contribution < 1.29 is 18.3 Å². The van der Waals surface area contributed by atoms with Gasteiger partial charge in [-0.25, -0.2) is 13.6 Å². The van der Waals surface area contributed by atoms with Crippen molar-refractivity contribution in [2.75, 3.05) is 17.7 Å². The van der Waals surface area contributed by atoms with Gasteiger partial charge in [0, 0.05) is 16.6 Å². The fourth-order valence-corrected chi connectivity index (χ4v) is 3.67.